The molecule has 0 saturated carbocycles. The third-order valence-corrected chi connectivity index (χ3v) is 2.27. The summed E-state index contributed by atoms with van der Waals surface area (Å²) < 4.78 is 31.4. The number of rotatable bonds is 2. The van der Waals surface area contributed by atoms with Crippen molar-refractivity contribution in [2.45, 2.75) is 0 Å². The van der Waals surface area contributed by atoms with Crippen molar-refractivity contribution in [1.29, 1.82) is 0 Å². The average Bonchev–Trinajstić information content (AvgIpc) is 2.32. The van der Waals surface area contributed by atoms with Gasteiger partial charge in [-0.1, -0.05) is 0 Å². The average molecular weight is 239 g/mol. The molecule has 0 saturated heterocycles. The fraction of sp³-hybridized carbons (Fsp3) is 0.0909. The van der Waals surface area contributed by atoms with Gasteiger partial charge in [0.25, 0.3) is 0 Å². The summed E-state index contributed by atoms with van der Waals surface area (Å²) in [5, 5.41) is 9.01. The van der Waals surface area contributed by atoms with Crippen molar-refractivity contribution >= 4 is 16.9 Å². The maximum Gasteiger partial charge on any atom is 0.354 e. The van der Waals surface area contributed by atoms with Gasteiger partial charge in [-0.25, -0.2) is 18.6 Å². The topological polar surface area (TPSA) is 59.4 Å². The number of aromatic carboxylic acids is 1. The number of aromatic nitrogens is 1. The Labute approximate surface area is 94.5 Å². The van der Waals surface area contributed by atoms with Gasteiger partial charge in [0.05, 0.1) is 7.11 Å². The van der Waals surface area contributed by atoms with Crippen LogP contribution >= 0.6 is 0 Å². The lowest BCUT2D eigenvalue weighted by Gasteiger charge is -2.07. The van der Waals surface area contributed by atoms with Crippen molar-refractivity contribution in [2.24, 2.45) is 0 Å². The zero-order valence-electron chi connectivity index (χ0n) is 8.70. The summed E-state index contributed by atoms with van der Waals surface area (Å²) in [6.45, 7) is 0. The van der Waals surface area contributed by atoms with Crippen LogP contribution in [0.4, 0.5) is 8.78 Å². The summed E-state index contributed by atoms with van der Waals surface area (Å²) in [4.78, 5) is 14.3. The molecule has 0 amide bonds. The Balaban J connectivity index is 2.88. The first kappa shape index (κ1) is 11.3. The van der Waals surface area contributed by atoms with Crippen LogP contribution in [0.5, 0.6) is 5.75 Å². The minimum Gasteiger partial charge on any atom is -0.496 e. The van der Waals surface area contributed by atoms with Crippen molar-refractivity contribution in [1.82, 2.24) is 4.98 Å². The van der Waals surface area contributed by atoms with Crippen LogP contribution in [0.3, 0.4) is 0 Å². The summed E-state index contributed by atoms with van der Waals surface area (Å²) in [6.07, 6.45) is 0. The number of hydrogen-bond acceptors (Lipinski definition) is 3. The van der Waals surface area contributed by atoms with Gasteiger partial charge in [0.1, 0.15) is 11.3 Å². The number of carboxylic acid groups (broad SMARTS) is 1. The largest absolute Gasteiger partial charge is 0.496 e. The van der Waals surface area contributed by atoms with Gasteiger partial charge in [-0.15, -0.1) is 0 Å². The fourth-order valence-electron chi connectivity index (χ4n) is 1.48. The SMILES string of the molecule is COc1cc(C(=O)O)nc2c(F)c(F)ccc12. The summed E-state index contributed by atoms with van der Waals surface area (Å²) in [7, 11) is 1.31. The van der Waals surface area contributed by atoms with Crippen molar-refractivity contribution < 1.29 is 23.4 Å². The predicted octanol–water partition coefficient (Wildman–Crippen LogP) is 2.22. The lowest BCUT2D eigenvalue weighted by Crippen LogP contribution is -2.03. The second kappa shape index (κ2) is 3.97. The summed E-state index contributed by atoms with van der Waals surface area (Å²) in [6, 6.07) is 3.37. The molecular weight excluding hydrogens is 232 g/mol. The summed E-state index contributed by atoms with van der Waals surface area (Å²) >= 11 is 0. The number of ether oxygens (including phenoxy) is 1. The van der Waals surface area contributed by atoms with Gasteiger partial charge >= 0.3 is 5.97 Å². The van der Waals surface area contributed by atoms with Crippen molar-refractivity contribution in [3.63, 3.8) is 0 Å². The lowest BCUT2D eigenvalue weighted by atomic mass is 10.1. The van der Waals surface area contributed by atoms with E-state index < -0.39 is 23.3 Å². The molecule has 1 aromatic heterocycles. The smallest absolute Gasteiger partial charge is 0.354 e. The Bertz CT molecular complexity index is 613. The van der Waals surface area contributed by atoms with E-state index in [0.717, 1.165) is 12.1 Å². The minimum atomic E-state index is -1.34. The van der Waals surface area contributed by atoms with Crippen LogP contribution in [0.25, 0.3) is 10.9 Å². The molecule has 0 aliphatic heterocycles. The van der Waals surface area contributed by atoms with Gasteiger partial charge in [0.2, 0.25) is 0 Å². The van der Waals surface area contributed by atoms with Crippen molar-refractivity contribution in [3.05, 3.63) is 35.5 Å². The van der Waals surface area contributed by atoms with Crippen LogP contribution < -0.4 is 4.74 Å². The highest BCUT2D eigenvalue weighted by Crippen LogP contribution is 2.28. The number of fused-ring (bicyclic) bond motifs is 1. The van der Waals surface area contributed by atoms with Crippen LogP contribution in [-0.4, -0.2) is 23.2 Å². The fourth-order valence-corrected chi connectivity index (χ4v) is 1.48. The summed E-state index contributed by atoms with van der Waals surface area (Å²) in [5.74, 6) is -3.49. The van der Waals surface area contributed by atoms with Crippen LogP contribution in [0, 0.1) is 11.6 Å². The summed E-state index contributed by atoms with van der Waals surface area (Å²) in [5.41, 5.74) is -0.763. The number of carboxylic acids is 1. The Morgan fingerprint density at radius 2 is 2.12 bits per heavy atom. The molecule has 17 heavy (non-hydrogen) atoms. The van der Waals surface area contributed by atoms with Gasteiger partial charge in [-0.3, -0.25) is 0 Å². The Kier molecular flexibility index (Phi) is 2.63. The predicted molar refractivity (Wildman–Crippen MR) is 55.2 cm³/mol. The molecule has 4 nitrogen and oxygen atoms in total. The highest BCUT2D eigenvalue weighted by molar-refractivity contribution is 5.93. The highest BCUT2D eigenvalue weighted by atomic mass is 19.2. The molecular formula is C11H7F2NO3. The van der Waals surface area contributed by atoms with Crippen LogP contribution in [-0.2, 0) is 0 Å². The third kappa shape index (κ3) is 1.77. The van der Waals surface area contributed by atoms with Gasteiger partial charge < -0.3 is 9.84 Å². The second-order valence-electron chi connectivity index (χ2n) is 3.27. The molecule has 2 aromatic rings. The van der Waals surface area contributed by atoms with E-state index in [1.807, 2.05) is 0 Å². The molecule has 0 aliphatic carbocycles. The molecule has 0 bridgehead atoms. The standard InChI is InChI=1S/C11H7F2NO3/c1-17-8-4-7(11(15)16)14-10-5(8)2-3-6(12)9(10)13/h2-4H,1H3,(H,15,16). The monoisotopic (exact) mass is 239 g/mol. The van der Waals surface area contributed by atoms with Crippen molar-refractivity contribution in [3.8, 4) is 5.75 Å². The zero-order chi connectivity index (χ0) is 12.6. The first-order valence-corrected chi connectivity index (χ1v) is 4.60. The van der Waals surface area contributed by atoms with Crippen LogP contribution in [0.15, 0.2) is 18.2 Å². The van der Waals surface area contributed by atoms with Crippen molar-refractivity contribution in [2.75, 3.05) is 7.11 Å². The normalized spacial score (nSPS) is 10.5. The van der Waals surface area contributed by atoms with E-state index in [0.29, 0.717) is 0 Å². The van der Waals surface area contributed by atoms with Gasteiger partial charge in [0, 0.05) is 11.5 Å². The maximum atomic E-state index is 13.5. The van der Waals surface area contributed by atoms with Gasteiger partial charge in [-0.05, 0) is 12.1 Å². The minimum absolute atomic E-state index is 0.131. The van der Waals surface area contributed by atoms with E-state index in [1.54, 1.807) is 0 Å². The van der Waals surface area contributed by atoms with Gasteiger partial charge in [-0.2, -0.15) is 0 Å². The number of benzene rings is 1. The van der Waals surface area contributed by atoms with Crippen LogP contribution in [0.1, 0.15) is 10.5 Å². The molecule has 1 N–H and O–H groups in total. The van der Waals surface area contributed by atoms with E-state index in [9.17, 15) is 13.6 Å². The molecule has 6 heteroatoms. The number of pyridine rings is 1. The quantitative estimate of drug-likeness (QED) is 0.872. The lowest BCUT2D eigenvalue weighted by molar-refractivity contribution is 0.0690. The molecule has 2 rings (SSSR count). The molecule has 0 radical (unpaired) electrons. The number of halogens is 2. The first-order chi connectivity index (χ1) is 8.04. The molecule has 0 aliphatic rings. The molecule has 0 unspecified atom stereocenters. The molecule has 1 heterocycles. The Morgan fingerprint density at radius 3 is 2.71 bits per heavy atom. The number of methoxy groups -OCH3 is 1. The van der Waals surface area contributed by atoms with E-state index in [1.165, 1.54) is 13.2 Å². The number of carbonyl (C=O) groups is 1. The van der Waals surface area contributed by atoms with Gasteiger partial charge in [0.15, 0.2) is 17.3 Å². The first-order valence-electron chi connectivity index (χ1n) is 4.60. The Hall–Kier alpha value is -2.24. The second-order valence-corrected chi connectivity index (χ2v) is 3.27. The Morgan fingerprint density at radius 1 is 1.41 bits per heavy atom. The third-order valence-electron chi connectivity index (χ3n) is 2.27. The molecule has 88 valence electrons. The maximum absolute atomic E-state index is 13.5. The molecule has 0 atom stereocenters. The number of hydrogen-bond donors (Lipinski definition) is 1. The van der Waals surface area contributed by atoms with E-state index in [2.05, 4.69) is 4.98 Å². The zero-order valence-corrected chi connectivity index (χ0v) is 8.70. The van der Waals surface area contributed by atoms with Crippen LogP contribution in [0.2, 0.25) is 0 Å². The molecule has 0 fully saturated rings. The number of nitrogens with zero attached hydrogens (tertiary/aromatic N) is 1. The molecule has 1 aromatic carbocycles. The molecule has 0 spiro atoms. The van der Waals surface area contributed by atoms with E-state index in [-0.39, 0.29) is 16.7 Å². The van der Waals surface area contributed by atoms with E-state index in [4.69, 9.17) is 9.84 Å². The van der Waals surface area contributed by atoms with E-state index >= 15 is 0 Å². The highest BCUT2D eigenvalue weighted by Gasteiger charge is 2.16.